The van der Waals surface area contributed by atoms with E-state index in [-0.39, 0.29) is 24.3 Å². The zero-order valence-corrected chi connectivity index (χ0v) is 10.3. The van der Waals surface area contributed by atoms with Crippen molar-refractivity contribution in [2.24, 2.45) is 0 Å². The van der Waals surface area contributed by atoms with E-state index in [4.69, 9.17) is 4.74 Å². The SMILES string of the molecule is CC(C)(C)OC(=O)N1[C@@H]2CCC[C@@H]1[C@H](O)C2. The average Bonchev–Trinajstić information content (AvgIpc) is 2.31. The summed E-state index contributed by atoms with van der Waals surface area (Å²) in [6.45, 7) is 5.60. The number of piperidine rings is 1. The smallest absolute Gasteiger partial charge is 0.410 e. The molecule has 0 aromatic heterocycles. The van der Waals surface area contributed by atoms with E-state index in [2.05, 4.69) is 0 Å². The Morgan fingerprint density at radius 1 is 1.38 bits per heavy atom. The fraction of sp³-hybridized carbons (Fsp3) is 0.917. The molecule has 16 heavy (non-hydrogen) atoms. The van der Waals surface area contributed by atoms with Crippen molar-refractivity contribution in [3.8, 4) is 0 Å². The summed E-state index contributed by atoms with van der Waals surface area (Å²) in [5.74, 6) is 0. The number of amides is 1. The number of aliphatic hydroxyl groups is 1. The average molecular weight is 227 g/mol. The van der Waals surface area contributed by atoms with Gasteiger partial charge in [0.2, 0.25) is 0 Å². The van der Waals surface area contributed by atoms with Gasteiger partial charge in [-0.2, -0.15) is 0 Å². The van der Waals surface area contributed by atoms with E-state index >= 15 is 0 Å². The number of carbonyl (C=O) groups is 1. The van der Waals surface area contributed by atoms with Crippen molar-refractivity contribution in [3.05, 3.63) is 0 Å². The molecule has 2 aliphatic heterocycles. The summed E-state index contributed by atoms with van der Waals surface area (Å²) >= 11 is 0. The molecule has 0 aromatic rings. The van der Waals surface area contributed by atoms with E-state index in [9.17, 15) is 9.90 Å². The number of hydrogen-bond donors (Lipinski definition) is 1. The van der Waals surface area contributed by atoms with Crippen molar-refractivity contribution in [3.63, 3.8) is 0 Å². The molecule has 2 heterocycles. The Morgan fingerprint density at radius 3 is 2.62 bits per heavy atom. The van der Waals surface area contributed by atoms with Crippen molar-refractivity contribution in [1.82, 2.24) is 4.90 Å². The van der Waals surface area contributed by atoms with Gasteiger partial charge in [0, 0.05) is 6.04 Å². The summed E-state index contributed by atoms with van der Waals surface area (Å²) in [6, 6.07) is 0.164. The maximum absolute atomic E-state index is 12.0. The van der Waals surface area contributed by atoms with E-state index in [1.165, 1.54) is 0 Å². The van der Waals surface area contributed by atoms with Crippen LogP contribution in [0.4, 0.5) is 4.79 Å². The Hall–Kier alpha value is -0.770. The number of carbonyl (C=O) groups excluding carboxylic acids is 1. The molecule has 2 rings (SSSR count). The van der Waals surface area contributed by atoms with Gasteiger partial charge in [-0.15, -0.1) is 0 Å². The lowest BCUT2D eigenvalue weighted by atomic mass is 10.0. The van der Waals surface area contributed by atoms with Crippen LogP contribution in [0.15, 0.2) is 0 Å². The minimum atomic E-state index is -0.459. The number of rotatable bonds is 0. The van der Waals surface area contributed by atoms with Crippen LogP contribution in [0.5, 0.6) is 0 Å². The number of nitrogens with zero attached hydrogens (tertiary/aromatic N) is 1. The minimum Gasteiger partial charge on any atom is -0.444 e. The second kappa shape index (κ2) is 3.91. The van der Waals surface area contributed by atoms with Crippen molar-refractivity contribution >= 4 is 6.09 Å². The molecule has 0 aliphatic carbocycles. The van der Waals surface area contributed by atoms with Crippen LogP contribution in [-0.2, 0) is 4.74 Å². The van der Waals surface area contributed by atoms with E-state index in [0.717, 1.165) is 19.3 Å². The Bertz CT molecular complexity index is 284. The Kier molecular flexibility index (Phi) is 2.86. The number of ether oxygens (including phenoxy) is 1. The molecule has 0 aromatic carbocycles. The third-order valence-electron chi connectivity index (χ3n) is 3.35. The summed E-state index contributed by atoms with van der Waals surface area (Å²) in [5, 5.41) is 9.87. The quantitative estimate of drug-likeness (QED) is 0.687. The number of hydrogen-bond acceptors (Lipinski definition) is 3. The Balaban J connectivity index is 2.07. The first kappa shape index (κ1) is 11.7. The third-order valence-corrected chi connectivity index (χ3v) is 3.35. The van der Waals surface area contributed by atoms with Crippen molar-refractivity contribution < 1.29 is 14.6 Å². The van der Waals surface area contributed by atoms with Gasteiger partial charge in [0.1, 0.15) is 5.60 Å². The zero-order valence-electron chi connectivity index (χ0n) is 10.3. The molecule has 2 fully saturated rings. The minimum absolute atomic E-state index is 0.0198. The van der Waals surface area contributed by atoms with Gasteiger partial charge >= 0.3 is 6.09 Å². The summed E-state index contributed by atoms with van der Waals surface area (Å²) in [7, 11) is 0. The van der Waals surface area contributed by atoms with Gasteiger partial charge in [-0.25, -0.2) is 4.79 Å². The predicted molar refractivity (Wildman–Crippen MR) is 60.1 cm³/mol. The van der Waals surface area contributed by atoms with Crippen LogP contribution < -0.4 is 0 Å². The molecule has 1 amide bonds. The standard InChI is InChI=1S/C12H21NO3/c1-12(2,3)16-11(15)13-8-5-4-6-9(13)10(14)7-8/h8-10,14H,4-7H2,1-3H3/t8-,9-,10-/m1/s1. The summed E-state index contributed by atoms with van der Waals surface area (Å²) in [4.78, 5) is 13.8. The second-order valence-corrected chi connectivity index (χ2v) is 5.84. The molecular weight excluding hydrogens is 206 g/mol. The highest BCUT2D eigenvalue weighted by atomic mass is 16.6. The first-order valence-corrected chi connectivity index (χ1v) is 6.08. The highest BCUT2D eigenvalue weighted by Gasteiger charge is 2.46. The molecule has 2 bridgehead atoms. The lowest BCUT2D eigenvalue weighted by Crippen LogP contribution is -2.48. The number of aliphatic hydroxyl groups excluding tert-OH is 1. The summed E-state index contributed by atoms with van der Waals surface area (Å²) in [5.41, 5.74) is -0.459. The van der Waals surface area contributed by atoms with Gasteiger partial charge < -0.3 is 9.84 Å². The van der Waals surface area contributed by atoms with Crippen LogP contribution in [0.1, 0.15) is 46.5 Å². The van der Waals surface area contributed by atoms with Crippen LogP contribution >= 0.6 is 0 Å². The maximum atomic E-state index is 12.0. The highest BCUT2D eigenvalue weighted by Crippen LogP contribution is 2.36. The zero-order chi connectivity index (χ0) is 11.9. The molecular formula is C12H21NO3. The van der Waals surface area contributed by atoms with Crippen molar-refractivity contribution in [2.75, 3.05) is 0 Å². The van der Waals surface area contributed by atoms with Crippen LogP contribution in [-0.4, -0.2) is 39.9 Å². The van der Waals surface area contributed by atoms with Gasteiger partial charge in [0.25, 0.3) is 0 Å². The molecule has 0 unspecified atom stereocenters. The lowest BCUT2D eigenvalue weighted by molar-refractivity contribution is 0.000679. The molecule has 3 atom stereocenters. The first-order chi connectivity index (χ1) is 7.38. The second-order valence-electron chi connectivity index (χ2n) is 5.84. The van der Waals surface area contributed by atoms with Gasteiger partial charge in [-0.05, 0) is 46.5 Å². The van der Waals surface area contributed by atoms with E-state index in [1.54, 1.807) is 4.90 Å². The first-order valence-electron chi connectivity index (χ1n) is 6.08. The molecule has 4 heteroatoms. The van der Waals surface area contributed by atoms with Crippen LogP contribution in [0.25, 0.3) is 0 Å². The molecule has 2 aliphatic rings. The lowest BCUT2D eigenvalue weighted by Gasteiger charge is -2.36. The molecule has 0 saturated carbocycles. The number of fused-ring (bicyclic) bond motifs is 2. The largest absolute Gasteiger partial charge is 0.444 e. The Morgan fingerprint density at radius 2 is 2.06 bits per heavy atom. The van der Waals surface area contributed by atoms with Crippen LogP contribution in [0, 0.1) is 0 Å². The Labute approximate surface area is 96.6 Å². The highest BCUT2D eigenvalue weighted by molar-refractivity contribution is 5.69. The van der Waals surface area contributed by atoms with Crippen molar-refractivity contribution in [2.45, 2.75) is 70.2 Å². The van der Waals surface area contributed by atoms with E-state index in [1.807, 2.05) is 20.8 Å². The maximum Gasteiger partial charge on any atom is 0.410 e. The predicted octanol–water partition coefficient (Wildman–Crippen LogP) is 1.91. The van der Waals surface area contributed by atoms with Crippen LogP contribution in [0.2, 0.25) is 0 Å². The topological polar surface area (TPSA) is 49.8 Å². The summed E-state index contributed by atoms with van der Waals surface area (Å²) in [6.07, 6.45) is 3.08. The van der Waals surface area contributed by atoms with E-state index < -0.39 is 5.60 Å². The fourth-order valence-electron chi connectivity index (χ4n) is 2.76. The third kappa shape index (κ3) is 2.17. The van der Waals surface area contributed by atoms with Gasteiger partial charge in [-0.3, -0.25) is 4.90 Å². The molecule has 4 nitrogen and oxygen atoms in total. The summed E-state index contributed by atoms with van der Waals surface area (Å²) < 4.78 is 5.38. The molecule has 0 radical (unpaired) electrons. The molecule has 1 N–H and O–H groups in total. The van der Waals surface area contributed by atoms with Gasteiger partial charge in [-0.1, -0.05) is 0 Å². The molecule has 92 valence electrons. The van der Waals surface area contributed by atoms with Crippen LogP contribution in [0.3, 0.4) is 0 Å². The van der Waals surface area contributed by atoms with Gasteiger partial charge in [0.15, 0.2) is 0 Å². The normalized spacial score (nSPS) is 34.0. The molecule has 0 spiro atoms. The molecule has 2 saturated heterocycles. The fourth-order valence-corrected chi connectivity index (χ4v) is 2.76. The monoisotopic (exact) mass is 227 g/mol. The van der Waals surface area contributed by atoms with E-state index in [0.29, 0.717) is 6.42 Å². The van der Waals surface area contributed by atoms with Crippen molar-refractivity contribution in [1.29, 1.82) is 0 Å². The van der Waals surface area contributed by atoms with Gasteiger partial charge in [0.05, 0.1) is 12.1 Å².